The van der Waals surface area contributed by atoms with Gasteiger partial charge in [0, 0.05) is 54.5 Å². The van der Waals surface area contributed by atoms with Crippen molar-refractivity contribution >= 4 is 28.6 Å². The van der Waals surface area contributed by atoms with Gasteiger partial charge >= 0.3 is 0 Å². The number of carbonyl (C=O) groups excluding carboxylic acids is 3. The van der Waals surface area contributed by atoms with Crippen molar-refractivity contribution in [1.82, 2.24) is 25.0 Å². The van der Waals surface area contributed by atoms with Crippen LogP contribution in [0.2, 0.25) is 0 Å². The summed E-state index contributed by atoms with van der Waals surface area (Å²) in [7, 11) is 2.08. The van der Waals surface area contributed by atoms with Crippen LogP contribution in [0.15, 0.2) is 54.7 Å². The second-order valence-electron chi connectivity index (χ2n) is 14.5. The quantitative estimate of drug-likeness (QED) is 0.402. The molecule has 5 aliphatic rings. The van der Waals surface area contributed by atoms with E-state index in [4.69, 9.17) is 4.74 Å². The lowest BCUT2D eigenvalue weighted by Crippen LogP contribution is -2.71. The molecule has 10 heteroatoms. The second kappa shape index (κ2) is 10.4. The van der Waals surface area contributed by atoms with E-state index < -0.39 is 41.5 Å². The molecule has 3 amide bonds. The van der Waals surface area contributed by atoms with Crippen LogP contribution in [0.4, 0.5) is 0 Å². The maximum atomic E-state index is 14.7. The van der Waals surface area contributed by atoms with Crippen molar-refractivity contribution in [2.75, 3.05) is 20.1 Å². The van der Waals surface area contributed by atoms with Crippen LogP contribution in [0.5, 0.6) is 0 Å². The fourth-order valence-electron chi connectivity index (χ4n) is 9.38. The number of piperazine rings is 1. The number of likely N-dealkylation sites (N-methyl/N-ethyl adjacent to an activating group) is 1. The maximum absolute atomic E-state index is 14.7. The summed E-state index contributed by atoms with van der Waals surface area (Å²) in [5, 5.41) is 16.7. The first-order valence-electron chi connectivity index (χ1n) is 16.8. The van der Waals surface area contributed by atoms with Gasteiger partial charge in [-0.3, -0.25) is 24.0 Å². The molecule has 2 aromatic carbocycles. The fraction of sp³-hybridized carbons (Fsp3) is 0.528. The molecule has 5 heterocycles. The lowest BCUT2D eigenvalue weighted by molar-refractivity contribution is -0.321. The topological polar surface area (TPSA) is 118 Å². The summed E-state index contributed by atoms with van der Waals surface area (Å²) in [4.78, 5) is 51.8. The Balaban J connectivity index is 1.14. The molecule has 8 rings (SSSR count). The summed E-state index contributed by atoms with van der Waals surface area (Å²) in [5.74, 6) is -3.91. The number of fused-ring (bicyclic) bond motifs is 5. The third-order valence-corrected chi connectivity index (χ3v) is 11.8. The highest BCUT2D eigenvalue weighted by molar-refractivity contribution is 5.98. The summed E-state index contributed by atoms with van der Waals surface area (Å²) >= 11 is 0. The molecule has 4 aliphatic heterocycles. The van der Waals surface area contributed by atoms with Crippen LogP contribution in [0.3, 0.4) is 0 Å². The van der Waals surface area contributed by atoms with Gasteiger partial charge in [0.05, 0.1) is 5.92 Å². The lowest BCUT2D eigenvalue weighted by Gasteiger charge is -2.49. The molecule has 4 fully saturated rings. The van der Waals surface area contributed by atoms with Gasteiger partial charge in [0.2, 0.25) is 17.5 Å². The first-order chi connectivity index (χ1) is 22.0. The highest BCUT2D eigenvalue weighted by Crippen LogP contribution is 2.50. The minimum atomic E-state index is -2.05. The first-order valence-corrected chi connectivity index (χ1v) is 16.8. The number of carbonyl (C=O) groups is 3. The van der Waals surface area contributed by atoms with E-state index in [-0.39, 0.29) is 36.1 Å². The molecule has 46 heavy (non-hydrogen) atoms. The minimum Gasteiger partial charge on any atom is -0.361 e. The van der Waals surface area contributed by atoms with Gasteiger partial charge in [-0.1, -0.05) is 63.2 Å². The Hall–Kier alpha value is -3.73. The summed E-state index contributed by atoms with van der Waals surface area (Å²) in [6.45, 7) is 6.82. The van der Waals surface area contributed by atoms with Gasteiger partial charge in [0.25, 0.3) is 11.8 Å². The zero-order chi connectivity index (χ0) is 32.1. The fourth-order valence-corrected chi connectivity index (χ4v) is 9.38. The number of H-pyrrole nitrogens is 1. The Bertz CT molecular complexity index is 1720. The normalized spacial score (nSPS) is 35.4. The molecule has 3 aromatic rings. The average molecular weight is 626 g/mol. The van der Waals surface area contributed by atoms with E-state index in [2.05, 4.69) is 53.6 Å². The summed E-state index contributed by atoms with van der Waals surface area (Å²) in [6.07, 6.45) is 4.46. The zero-order valence-electron chi connectivity index (χ0n) is 26.9. The van der Waals surface area contributed by atoms with E-state index >= 15 is 0 Å². The number of nitrogens with one attached hydrogen (secondary N) is 2. The third kappa shape index (κ3) is 4.02. The highest BCUT2D eigenvalue weighted by Gasteiger charge is 2.72. The number of piperidine rings is 1. The number of ether oxygens (including phenoxy) is 1. The monoisotopic (exact) mass is 625 g/mol. The number of likely N-dealkylation sites (tertiary alicyclic amines) is 1. The second-order valence-corrected chi connectivity index (χ2v) is 14.5. The van der Waals surface area contributed by atoms with Crippen LogP contribution < -0.4 is 5.32 Å². The zero-order valence-corrected chi connectivity index (χ0v) is 26.9. The maximum Gasteiger partial charge on any atom is 0.281 e. The molecular formula is C36H43N5O5. The van der Waals surface area contributed by atoms with Crippen LogP contribution in [0, 0.1) is 17.8 Å². The number of nitrogens with zero attached hydrogens (tertiary/aromatic N) is 3. The number of rotatable bonds is 5. The average Bonchev–Trinajstić information content (AvgIpc) is 3.75. The number of benzene rings is 2. The van der Waals surface area contributed by atoms with Gasteiger partial charge in [0.15, 0.2) is 0 Å². The SMILES string of the molecule is CC1C2c3cccc4[nH]cc(c34)C[C@H]2N(C)C[C@@H]1C(=O)N[C@]1(C(C)C)O[C@@]2(O)[C@@H]3CCCN3C(=O)[C@H](Cc3ccccc3)N2C1=O. The van der Waals surface area contributed by atoms with E-state index in [0.717, 1.165) is 17.5 Å². The smallest absolute Gasteiger partial charge is 0.281 e. The van der Waals surface area contributed by atoms with E-state index in [9.17, 15) is 19.5 Å². The number of hydrogen-bond acceptors (Lipinski definition) is 6. The Morgan fingerprint density at radius 2 is 1.93 bits per heavy atom. The van der Waals surface area contributed by atoms with Crippen molar-refractivity contribution < 1.29 is 24.2 Å². The first kappa shape index (κ1) is 29.7. The molecule has 3 N–H and O–H groups in total. The highest BCUT2D eigenvalue weighted by atomic mass is 16.7. The van der Waals surface area contributed by atoms with Crippen molar-refractivity contribution in [3.05, 3.63) is 71.4 Å². The molecule has 4 saturated heterocycles. The molecule has 8 atom stereocenters. The van der Waals surface area contributed by atoms with E-state index in [1.165, 1.54) is 21.4 Å². The number of aromatic amines is 1. The van der Waals surface area contributed by atoms with Crippen molar-refractivity contribution in [3.63, 3.8) is 0 Å². The van der Waals surface area contributed by atoms with Crippen LogP contribution in [-0.2, 0) is 32.0 Å². The molecule has 1 aromatic heterocycles. The molecule has 2 unspecified atom stereocenters. The van der Waals surface area contributed by atoms with Crippen LogP contribution in [0.1, 0.15) is 56.2 Å². The van der Waals surface area contributed by atoms with Gasteiger partial charge in [-0.05, 0) is 55.0 Å². The summed E-state index contributed by atoms with van der Waals surface area (Å²) in [6, 6.07) is 14.5. The van der Waals surface area contributed by atoms with Gasteiger partial charge in [-0.2, -0.15) is 0 Å². The molecule has 0 saturated carbocycles. The van der Waals surface area contributed by atoms with Crippen molar-refractivity contribution in [3.8, 4) is 0 Å². The molecule has 0 radical (unpaired) electrons. The largest absolute Gasteiger partial charge is 0.361 e. The van der Waals surface area contributed by atoms with Crippen molar-refractivity contribution in [2.45, 2.75) is 82.1 Å². The van der Waals surface area contributed by atoms with Crippen molar-refractivity contribution in [1.29, 1.82) is 0 Å². The Labute approximate surface area is 269 Å². The standard InChI is InChI=1S/C36H43N5O5/c1-20(2)35(34(44)41-28(16-22-10-6-5-7-11-22)33(43)40-15-9-14-29(40)36(41,45)46-35)38-32(42)25-19-39(4)27-17-23-18-37-26-13-8-12-24(31(23)26)30(27)21(25)3/h5-8,10-13,18,20-21,25,27-30,37,45H,9,14-17,19H2,1-4H3,(H,38,42)/t21?,25-,27+,28-,29-,30?,35+,36-/m0/s1. The Morgan fingerprint density at radius 3 is 2.70 bits per heavy atom. The van der Waals surface area contributed by atoms with E-state index in [0.29, 0.717) is 25.9 Å². The van der Waals surface area contributed by atoms with Crippen LogP contribution in [-0.4, -0.2) is 92.4 Å². The van der Waals surface area contributed by atoms with Gasteiger partial charge < -0.3 is 25.2 Å². The number of hydrogen-bond donors (Lipinski definition) is 3. The summed E-state index contributed by atoms with van der Waals surface area (Å²) in [5.41, 5.74) is 2.73. The number of aliphatic hydroxyl groups is 1. The van der Waals surface area contributed by atoms with E-state index in [1.807, 2.05) is 44.2 Å². The van der Waals surface area contributed by atoms with Gasteiger partial charge in [0.1, 0.15) is 12.1 Å². The molecular weight excluding hydrogens is 582 g/mol. The Kier molecular flexibility index (Phi) is 6.70. The van der Waals surface area contributed by atoms with Crippen molar-refractivity contribution in [2.24, 2.45) is 17.8 Å². The molecule has 0 spiro atoms. The van der Waals surface area contributed by atoms with E-state index in [1.54, 1.807) is 4.90 Å². The van der Waals surface area contributed by atoms with Crippen LogP contribution >= 0.6 is 0 Å². The molecule has 242 valence electrons. The molecule has 1 aliphatic carbocycles. The van der Waals surface area contributed by atoms with Gasteiger partial charge in [-0.25, -0.2) is 0 Å². The summed E-state index contributed by atoms with van der Waals surface area (Å²) < 4.78 is 6.55. The lowest BCUT2D eigenvalue weighted by atomic mass is 9.66. The third-order valence-electron chi connectivity index (χ3n) is 11.8. The molecule has 10 nitrogen and oxygen atoms in total. The number of amides is 3. The molecule has 0 bridgehead atoms. The predicted octanol–water partition coefficient (Wildman–Crippen LogP) is 2.96. The van der Waals surface area contributed by atoms with Crippen LogP contribution in [0.25, 0.3) is 10.9 Å². The Morgan fingerprint density at radius 1 is 1.15 bits per heavy atom. The minimum absolute atomic E-state index is 0.0148. The number of aromatic nitrogens is 1. The predicted molar refractivity (Wildman–Crippen MR) is 171 cm³/mol. The van der Waals surface area contributed by atoms with Gasteiger partial charge in [-0.15, -0.1) is 0 Å².